The molecule has 1 saturated heterocycles. The van der Waals surface area contributed by atoms with E-state index in [9.17, 15) is 18.8 Å². The van der Waals surface area contributed by atoms with Crippen molar-refractivity contribution in [2.75, 3.05) is 19.7 Å². The molecule has 1 aromatic heterocycles. The maximum absolute atomic E-state index is 14.2. The van der Waals surface area contributed by atoms with E-state index in [-0.39, 0.29) is 42.0 Å². The van der Waals surface area contributed by atoms with Crippen LogP contribution in [0.4, 0.5) is 4.39 Å². The zero-order chi connectivity index (χ0) is 25.8. The second kappa shape index (κ2) is 11.0. The molecule has 2 heterocycles. The highest BCUT2D eigenvalue weighted by Crippen LogP contribution is 2.31. The molecule has 0 radical (unpaired) electrons. The van der Waals surface area contributed by atoms with Crippen LogP contribution in [0.1, 0.15) is 75.2 Å². The minimum Gasteiger partial charge on any atom is -0.461 e. The number of piperidine rings is 1. The molecule has 1 aromatic carbocycles. The van der Waals surface area contributed by atoms with Gasteiger partial charge >= 0.3 is 5.97 Å². The van der Waals surface area contributed by atoms with Crippen LogP contribution in [0.5, 0.6) is 0 Å². The summed E-state index contributed by atoms with van der Waals surface area (Å²) in [6.45, 7) is 10.5. The standard InChI is InChI=1S/C26H35FN4O4/c1-6-35-25(34)22-16-23(26(3,4)5)31(29-22)19-11-13-30(14-12-19)24(33)21(28-17(2)32)15-18-9-7-8-10-20(18)27/h7-10,16,19,21H,6,11-15H2,1-5H3,(H,28,32)/t21-/m1/s1. The third-order valence-corrected chi connectivity index (χ3v) is 6.17. The molecule has 3 rings (SSSR count). The molecule has 0 bridgehead atoms. The normalized spacial score (nSPS) is 15.5. The zero-order valence-corrected chi connectivity index (χ0v) is 21.1. The van der Waals surface area contributed by atoms with Gasteiger partial charge in [-0.1, -0.05) is 39.0 Å². The Balaban J connectivity index is 1.74. The quantitative estimate of drug-likeness (QED) is 0.606. The summed E-state index contributed by atoms with van der Waals surface area (Å²) in [5, 5.41) is 7.26. The van der Waals surface area contributed by atoms with Crippen LogP contribution >= 0.6 is 0 Å². The molecule has 2 aromatic rings. The maximum atomic E-state index is 14.2. The van der Waals surface area contributed by atoms with E-state index < -0.39 is 17.8 Å². The molecular weight excluding hydrogens is 451 g/mol. The first-order valence-corrected chi connectivity index (χ1v) is 12.1. The molecule has 1 fully saturated rings. The van der Waals surface area contributed by atoms with E-state index in [1.54, 1.807) is 36.1 Å². The van der Waals surface area contributed by atoms with Crippen molar-refractivity contribution in [1.29, 1.82) is 0 Å². The number of amides is 2. The van der Waals surface area contributed by atoms with Crippen molar-refractivity contribution in [1.82, 2.24) is 20.0 Å². The minimum atomic E-state index is -0.841. The molecular formula is C26H35FN4O4. The van der Waals surface area contributed by atoms with Crippen LogP contribution in [0, 0.1) is 5.82 Å². The van der Waals surface area contributed by atoms with E-state index in [1.807, 2.05) is 4.68 Å². The van der Waals surface area contributed by atoms with Crippen molar-refractivity contribution in [2.24, 2.45) is 0 Å². The van der Waals surface area contributed by atoms with Gasteiger partial charge in [-0.25, -0.2) is 9.18 Å². The number of nitrogens with one attached hydrogen (secondary N) is 1. The number of rotatable bonds is 7. The van der Waals surface area contributed by atoms with E-state index in [0.717, 1.165) is 5.69 Å². The fraction of sp³-hybridized carbons (Fsp3) is 0.538. The lowest BCUT2D eigenvalue weighted by molar-refractivity contribution is -0.137. The first kappa shape index (κ1) is 26.4. The SMILES string of the molecule is CCOC(=O)c1cc(C(C)(C)C)n(C2CCN(C(=O)[C@@H](Cc3ccccc3F)NC(C)=O)CC2)n1. The van der Waals surface area contributed by atoms with Crippen LogP contribution in [0.2, 0.25) is 0 Å². The zero-order valence-electron chi connectivity index (χ0n) is 21.1. The Bertz CT molecular complexity index is 1070. The number of nitrogens with zero attached hydrogens (tertiary/aromatic N) is 3. The molecule has 35 heavy (non-hydrogen) atoms. The summed E-state index contributed by atoms with van der Waals surface area (Å²) >= 11 is 0. The largest absolute Gasteiger partial charge is 0.461 e. The lowest BCUT2D eigenvalue weighted by Crippen LogP contribution is -2.51. The van der Waals surface area contributed by atoms with Crippen molar-refractivity contribution in [2.45, 2.75) is 71.4 Å². The molecule has 0 spiro atoms. The van der Waals surface area contributed by atoms with Crippen molar-refractivity contribution in [3.8, 4) is 0 Å². The van der Waals surface area contributed by atoms with Crippen molar-refractivity contribution >= 4 is 17.8 Å². The molecule has 1 atom stereocenters. The topological polar surface area (TPSA) is 93.5 Å². The predicted octanol–water partition coefficient (Wildman–Crippen LogP) is 3.41. The third kappa shape index (κ3) is 6.46. The summed E-state index contributed by atoms with van der Waals surface area (Å²) in [4.78, 5) is 39.1. The lowest BCUT2D eigenvalue weighted by Gasteiger charge is -2.36. The average molecular weight is 487 g/mol. The molecule has 0 unspecified atom stereocenters. The van der Waals surface area contributed by atoms with Crippen LogP contribution in [0.25, 0.3) is 0 Å². The van der Waals surface area contributed by atoms with E-state index in [2.05, 4.69) is 31.2 Å². The number of hydrogen-bond donors (Lipinski definition) is 1. The molecule has 1 aliphatic heterocycles. The van der Waals surface area contributed by atoms with Crippen LogP contribution in [-0.4, -0.2) is 58.2 Å². The first-order chi connectivity index (χ1) is 16.5. The number of likely N-dealkylation sites (tertiary alicyclic amines) is 1. The summed E-state index contributed by atoms with van der Waals surface area (Å²) in [5.41, 5.74) is 1.36. The third-order valence-electron chi connectivity index (χ3n) is 6.17. The van der Waals surface area contributed by atoms with E-state index in [0.29, 0.717) is 31.5 Å². The number of benzene rings is 1. The Morgan fingerprint density at radius 2 is 1.86 bits per heavy atom. The van der Waals surface area contributed by atoms with Crippen molar-refractivity contribution in [3.05, 3.63) is 53.1 Å². The highest BCUT2D eigenvalue weighted by molar-refractivity contribution is 5.88. The van der Waals surface area contributed by atoms with Gasteiger partial charge in [0.25, 0.3) is 0 Å². The number of carbonyl (C=O) groups is 3. The molecule has 190 valence electrons. The van der Waals surface area contributed by atoms with Gasteiger partial charge in [-0.15, -0.1) is 0 Å². The number of halogens is 1. The van der Waals surface area contributed by atoms with Crippen molar-refractivity contribution < 1.29 is 23.5 Å². The Kier molecular flexibility index (Phi) is 8.30. The molecule has 2 amide bonds. The number of hydrogen-bond acceptors (Lipinski definition) is 5. The fourth-order valence-corrected chi connectivity index (χ4v) is 4.42. The second-order valence-corrected chi connectivity index (χ2v) is 9.93. The van der Waals surface area contributed by atoms with Gasteiger partial charge in [-0.2, -0.15) is 5.10 Å². The van der Waals surface area contributed by atoms with Crippen LogP contribution < -0.4 is 5.32 Å². The molecule has 1 aliphatic rings. The van der Waals surface area contributed by atoms with Crippen LogP contribution in [-0.2, 0) is 26.2 Å². The van der Waals surface area contributed by atoms with Gasteiger partial charge in [-0.3, -0.25) is 14.3 Å². The molecule has 1 N–H and O–H groups in total. The van der Waals surface area contributed by atoms with Gasteiger partial charge in [0.1, 0.15) is 11.9 Å². The highest BCUT2D eigenvalue weighted by atomic mass is 19.1. The van der Waals surface area contributed by atoms with E-state index in [4.69, 9.17) is 4.74 Å². The Morgan fingerprint density at radius 1 is 1.20 bits per heavy atom. The summed E-state index contributed by atoms with van der Waals surface area (Å²) in [6, 6.07) is 7.23. The molecule has 8 nitrogen and oxygen atoms in total. The van der Waals surface area contributed by atoms with Crippen LogP contribution in [0.3, 0.4) is 0 Å². The van der Waals surface area contributed by atoms with E-state index >= 15 is 0 Å². The Morgan fingerprint density at radius 3 is 2.43 bits per heavy atom. The monoisotopic (exact) mass is 486 g/mol. The smallest absolute Gasteiger partial charge is 0.358 e. The number of ether oxygens (including phenoxy) is 1. The summed E-state index contributed by atoms with van der Waals surface area (Å²) in [7, 11) is 0. The van der Waals surface area contributed by atoms with Gasteiger partial charge < -0.3 is 15.0 Å². The molecule has 9 heteroatoms. The minimum absolute atomic E-state index is 0.0160. The van der Waals surface area contributed by atoms with Crippen LogP contribution in [0.15, 0.2) is 30.3 Å². The van der Waals surface area contributed by atoms with Gasteiger partial charge in [-0.05, 0) is 37.5 Å². The Labute approximate surface area is 205 Å². The highest BCUT2D eigenvalue weighted by Gasteiger charge is 2.33. The van der Waals surface area contributed by atoms with Gasteiger partial charge in [0.2, 0.25) is 11.8 Å². The van der Waals surface area contributed by atoms with Gasteiger partial charge in [0.15, 0.2) is 5.69 Å². The van der Waals surface area contributed by atoms with Gasteiger partial charge in [0.05, 0.1) is 12.6 Å². The first-order valence-electron chi connectivity index (χ1n) is 12.1. The predicted molar refractivity (Wildman–Crippen MR) is 129 cm³/mol. The summed E-state index contributed by atoms with van der Waals surface area (Å²) in [6.07, 6.45) is 1.37. The van der Waals surface area contributed by atoms with E-state index in [1.165, 1.54) is 13.0 Å². The van der Waals surface area contributed by atoms with Gasteiger partial charge in [0, 0.05) is 37.5 Å². The molecule has 0 aliphatic carbocycles. The van der Waals surface area contributed by atoms with Crippen molar-refractivity contribution in [3.63, 3.8) is 0 Å². The molecule has 0 saturated carbocycles. The lowest BCUT2D eigenvalue weighted by atomic mass is 9.91. The summed E-state index contributed by atoms with van der Waals surface area (Å²) < 4.78 is 21.2. The second-order valence-electron chi connectivity index (χ2n) is 9.93. The maximum Gasteiger partial charge on any atom is 0.358 e. The Hall–Kier alpha value is -3.23. The number of esters is 1. The fourth-order valence-electron chi connectivity index (χ4n) is 4.42. The number of carbonyl (C=O) groups excluding carboxylic acids is 3. The average Bonchev–Trinajstić information content (AvgIpc) is 3.26. The summed E-state index contributed by atoms with van der Waals surface area (Å²) in [5.74, 6) is -1.42. The number of aromatic nitrogens is 2.